The molecule has 1 rings (SSSR count). The average molecular weight is 269 g/mol. The highest BCUT2D eigenvalue weighted by atomic mass is 15.2. The van der Waals surface area contributed by atoms with E-state index in [0.717, 1.165) is 19.1 Å². The Hall–Kier alpha value is -0.120. The Morgan fingerprint density at radius 3 is 2.32 bits per heavy atom. The Bertz CT molecular complexity index is 214. The van der Waals surface area contributed by atoms with Crippen molar-refractivity contribution < 1.29 is 0 Å². The van der Waals surface area contributed by atoms with E-state index in [1.807, 2.05) is 0 Å². The van der Waals surface area contributed by atoms with Crippen molar-refractivity contribution in [2.45, 2.75) is 84.5 Å². The van der Waals surface area contributed by atoms with Gasteiger partial charge < -0.3 is 10.6 Å². The number of hydrogen-bond donors (Lipinski definition) is 2. The van der Waals surface area contributed by atoms with Crippen molar-refractivity contribution in [2.75, 3.05) is 19.6 Å². The lowest BCUT2D eigenvalue weighted by Gasteiger charge is -2.31. The van der Waals surface area contributed by atoms with Crippen LogP contribution in [0, 0.1) is 0 Å². The molecule has 19 heavy (non-hydrogen) atoms. The summed E-state index contributed by atoms with van der Waals surface area (Å²) in [6.45, 7) is 14.9. The molecule has 0 aromatic heterocycles. The van der Waals surface area contributed by atoms with Crippen molar-refractivity contribution in [1.82, 2.24) is 15.5 Å². The summed E-state index contributed by atoms with van der Waals surface area (Å²) in [7, 11) is 0. The molecule has 1 saturated heterocycles. The van der Waals surface area contributed by atoms with E-state index in [4.69, 9.17) is 0 Å². The molecule has 0 bridgehead atoms. The summed E-state index contributed by atoms with van der Waals surface area (Å²) in [5, 5.41) is 7.32. The lowest BCUT2D eigenvalue weighted by Crippen LogP contribution is -2.44. The van der Waals surface area contributed by atoms with Crippen LogP contribution in [-0.4, -0.2) is 48.7 Å². The van der Waals surface area contributed by atoms with E-state index in [0.29, 0.717) is 18.1 Å². The zero-order valence-corrected chi connectivity index (χ0v) is 13.7. The summed E-state index contributed by atoms with van der Waals surface area (Å²) in [6.07, 6.45) is 5.38. The number of nitrogens with one attached hydrogen (secondary N) is 2. The van der Waals surface area contributed by atoms with E-state index < -0.39 is 0 Å². The Labute approximate surface area is 120 Å². The topological polar surface area (TPSA) is 27.3 Å². The predicted molar refractivity (Wildman–Crippen MR) is 84.7 cm³/mol. The quantitative estimate of drug-likeness (QED) is 0.709. The highest BCUT2D eigenvalue weighted by Crippen LogP contribution is 2.11. The Morgan fingerprint density at radius 1 is 1.11 bits per heavy atom. The monoisotopic (exact) mass is 269 g/mol. The van der Waals surface area contributed by atoms with Crippen molar-refractivity contribution in [3.8, 4) is 0 Å². The van der Waals surface area contributed by atoms with Gasteiger partial charge in [-0.2, -0.15) is 0 Å². The second-order valence-electron chi connectivity index (χ2n) is 6.66. The number of nitrogens with zero attached hydrogens (tertiary/aromatic N) is 1. The van der Waals surface area contributed by atoms with Gasteiger partial charge in [-0.15, -0.1) is 0 Å². The fraction of sp³-hybridized carbons (Fsp3) is 1.00. The molecule has 0 spiro atoms. The van der Waals surface area contributed by atoms with Crippen LogP contribution in [0.15, 0.2) is 0 Å². The third kappa shape index (κ3) is 6.73. The Morgan fingerprint density at radius 2 is 1.79 bits per heavy atom. The van der Waals surface area contributed by atoms with Crippen molar-refractivity contribution in [3.63, 3.8) is 0 Å². The van der Waals surface area contributed by atoms with Crippen LogP contribution in [0.4, 0.5) is 0 Å². The molecule has 1 fully saturated rings. The molecule has 1 aliphatic heterocycles. The van der Waals surface area contributed by atoms with Crippen molar-refractivity contribution >= 4 is 0 Å². The summed E-state index contributed by atoms with van der Waals surface area (Å²) >= 11 is 0. The minimum atomic E-state index is 0.622. The van der Waals surface area contributed by atoms with Crippen LogP contribution < -0.4 is 10.6 Å². The van der Waals surface area contributed by atoms with E-state index in [1.54, 1.807) is 0 Å². The normalized spacial score (nSPS) is 22.4. The minimum Gasteiger partial charge on any atom is -0.314 e. The van der Waals surface area contributed by atoms with Crippen molar-refractivity contribution in [2.24, 2.45) is 0 Å². The molecule has 1 heterocycles. The van der Waals surface area contributed by atoms with Gasteiger partial charge in [-0.3, -0.25) is 4.90 Å². The van der Waals surface area contributed by atoms with Gasteiger partial charge in [-0.05, 0) is 60.4 Å². The van der Waals surface area contributed by atoms with E-state index in [2.05, 4.69) is 50.2 Å². The first-order chi connectivity index (χ1) is 9.00. The zero-order valence-electron chi connectivity index (χ0n) is 13.7. The van der Waals surface area contributed by atoms with Crippen LogP contribution in [0.3, 0.4) is 0 Å². The molecule has 3 heteroatoms. The number of rotatable bonds is 8. The SMILES string of the molecule is CC(CC1CCCCN1)NCCN(C(C)C)C(C)C. The fourth-order valence-corrected chi connectivity index (χ4v) is 3.19. The van der Waals surface area contributed by atoms with Crippen molar-refractivity contribution in [3.05, 3.63) is 0 Å². The van der Waals surface area contributed by atoms with E-state index in [-0.39, 0.29) is 0 Å². The van der Waals surface area contributed by atoms with Crippen LogP contribution in [0.25, 0.3) is 0 Å². The van der Waals surface area contributed by atoms with Gasteiger partial charge in [0, 0.05) is 37.3 Å². The largest absolute Gasteiger partial charge is 0.314 e. The third-order valence-corrected chi connectivity index (χ3v) is 4.24. The van der Waals surface area contributed by atoms with Gasteiger partial charge in [-0.25, -0.2) is 0 Å². The summed E-state index contributed by atoms with van der Waals surface area (Å²) in [6, 6.07) is 2.63. The van der Waals surface area contributed by atoms with Gasteiger partial charge in [0.05, 0.1) is 0 Å². The first-order valence-electron chi connectivity index (χ1n) is 8.23. The second kappa shape index (κ2) is 8.93. The molecule has 0 saturated carbocycles. The maximum Gasteiger partial charge on any atom is 0.0112 e. The molecular weight excluding hydrogens is 234 g/mol. The zero-order chi connectivity index (χ0) is 14.3. The van der Waals surface area contributed by atoms with Gasteiger partial charge >= 0.3 is 0 Å². The fourth-order valence-electron chi connectivity index (χ4n) is 3.19. The van der Waals surface area contributed by atoms with E-state index in [9.17, 15) is 0 Å². The molecule has 1 aliphatic rings. The van der Waals surface area contributed by atoms with Crippen LogP contribution in [-0.2, 0) is 0 Å². The van der Waals surface area contributed by atoms with Gasteiger partial charge in [0.15, 0.2) is 0 Å². The molecule has 2 unspecified atom stereocenters. The van der Waals surface area contributed by atoms with Crippen molar-refractivity contribution in [1.29, 1.82) is 0 Å². The van der Waals surface area contributed by atoms with Gasteiger partial charge in [-0.1, -0.05) is 6.42 Å². The lowest BCUT2D eigenvalue weighted by atomic mass is 9.99. The van der Waals surface area contributed by atoms with Gasteiger partial charge in [0.25, 0.3) is 0 Å². The molecule has 2 atom stereocenters. The van der Waals surface area contributed by atoms with Crippen LogP contribution in [0.1, 0.15) is 60.3 Å². The maximum absolute atomic E-state index is 3.69. The van der Waals surface area contributed by atoms with E-state index in [1.165, 1.54) is 32.2 Å². The minimum absolute atomic E-state index is 0.622. The summed E-state index contributed by atoms with van der Waals surface area (Å²) in [5.41, 5.74) is 0. The van der Waals surface area contributed by atoms with E-state index >= 15 is 0 Å². The Balaban J connectivity index is 2.16. The highest BCUT2D eigenvalue weighted by molar-refractivity contribution is 4.77. The Kier molecular flexibility index (Phi) is 7.96. The van der Waals surface area contributed by atoms with Crippen LogP contribution in [0.5, 0.6) is 0 Å². The summed E-state index contributed by atoms with van der Waals surface area (Å²) in [4.78, 5) is 2.55. The summed E-state index contributed by atoms with van der Waals surface area (Å²) in [5.74, 6) is 0. The summed E-state index contributed by atoms with van der Waals surface area (Å²) < 4.78 is 0. The molecule has 0 amide bonds. The van der Waals surface area contributed by atoms with Gasteiger partial charge in [0.2, 0.25) is 0 Å². The first kappa shape index (κ1) is 16.9. The average Bonchev–Trinajstić information content (AvgIpc) is 2.34. The molecule has 2 N–H and O–H groups in total. The highest BCUT2D eigenvalue weighted by Gasteiger charge is 2.16. The van der Waals surface area contributed by atoms with Crippen LogP contribution in [0.2, 0.25) is 0 Å². The maximum atomic E-state index is 3.69. The van der Waals surface area contributed by atoms with Crippen LogP contribution >= 0.6 is 0 Å². The standard InChI is InChI=1S/C16H35N3/c1-13(2)19(14(3)4)11-10-17-15(5)12-16-8-6-7-9-18-16/h13-18H,6-12H2,1-5H3. The molecule has 114 valence electrons. The number of piperidine rings is 1. The molecule has 0 aromatic carbocycles. The molecule has 0 aliphatic carbocycles. The van der Waals surface area contributed by atoms with Gasteiger partial charge in [0.1, 0.15) is 0 Å². The molecule has 0 radical (unpaired) electrons. The predicted octanol–water partition coefficient (Wildman–Crippen LogP) is 2.62. The second-order valence-corrected chi connectivity index (χ2v) is 6.66. The number of hydrogen-bond acceptors (Lipinski definition) is 3. The lowest BCUT2D eigenvalue weighted by molar-refractivity contribution is 0.173. The first-order valence-corrected chi connectivity index (χ1v) is 8.23. The third-order valence-electron chi connectivity index (χ3n) is 4.24. The molecule has 0 aromatic rings. The molecular formula is C16H35N3. The smallest absolute Gasteiger partial charge is 0.0112 e. The molecule has 3 nitrogen and oxygen atoms in total.